The first-order chi connectivity index (χ1) is 10.4. The summed E-state index contributed by atoms with van der Waals surface area (Å²) in [4.78, 5) is 42.3. The summed E-state index contributed by atoms with van der Waals surface area (Å²) < 4.78 is 0. The molecular formula is C12H8N4O6. The van der Waals surface area contributed by atoms with E-state index in [0.717, 1.165) is 0 Å². The molecule has 0 spiro atoms. The summed E-state index contributed by atoms with van der Waals surface area (Å²) in [6, 6.07) is -1.80. The van der Waals surface area contributed by atoms with E-state index in [1.807, 2.05) is 0 Å². The van der Waals surface area contributed by atoms with E-state index in [2.05, 4.69) is 10.2 Å². The van der Waals surface area contributed by atoms with Crippen LogP contribution in [0.15, 0.2) is 57.7 Å². The molecule has 0 aromatic carbocycles. The number of allylic oxidation sites excluding steroid dienone is 3. The maximum atomic E-state index is 11.5. The smallest absolute Gasteiger partial charge is 0.295 e. The predicted octanol–water partition coefficient (Wildman–Crippen LogP) is 1.12. The second kappa shape index (κ2) is 5.99. The van der Waals surface area contributed by atoms with Gasteiger partial charge in [0.15, 0.2) is 11.5 Å². The number of hydrogen-bond acceptors (Lipinski definition) is 8. The number of nitro groups is 2. The Morgan fingerprint density at radius 3 is 2.41 bits per heavy atom. The Bertz CT molecular complexity index is 728. The zero-order chi connectivity index (χ0) is 16.3. The van der Waals surface area contributed by atoms with Crippen LogP contribution in [0.4, 0.5) is 0 Å². The Labute approximate surface area is 122 Å². The van der Waals surface area contributed by atoms with Gasteiger partial charge in [-0.05, 0) is 18.2 Å². The quantitative estimate of drug-likeness (QED) is 0.432. The van der Waals surface area contributed by atoms with Gasteiger partial charge in [-0.3, -0.25) is 29.8 Å². The highest BCUT2D eigenvalue weighted by molar-refractivity contribution is 5.97. The van der Waals surface area contributed by atoms with Gasteiger partial charge in [0, 0.05) is 17.4 Å². The highest BCUT2D eigenvalue weighted by Gasteiger charge is 2.36. The van der Waals surface area contributed by atoms with E-state index >= 15 is 0 Å². The van der Waals surface area contributed by atoms with Crippen LogP contribution in [-0.2, 0) is 9.59 Å². The molecule has 0 amide bonds. The van der Waals surface area contributed by atoms with Gasteiger partial charge in [-0.25, -0.2) is 0 Å². The zero-order valence-corrected chi connectivity index (χ0v) is 10.9. The lowest BCUT2D eigenvalue weighted by atomic mass is 10.0. The molecule has 1 atom stereocenters. The van der Waals surface area contributed by atoms with Crippen molar-refractivity contribution in [2.45, 2.75) is 12.5 Å². The Morgan fingerprint density at radius 1 is 1.14 bits per heavy atom. The van der Waals surface area contributed by atoms with Gasteiger partial charge in [-0.2, -0.15) is 5.11 Å². The number of azo groups is 1. The molecule has 0 aliphatic heterocycles. The molecule has 1 unspecified atom stereocenters. The Hall–Kier alpha value is -3.30. The normalized spacial score (nSPS) is 21.5. The second-order valence-corrected chi connectivity index (χ2v) is 4.30. The van der Waals surface area contributed by atoms with Crippen molar-refractivity contribution in [2.75, 3.05) is 0 Å². The van der Waals surface area contributed by atoms with Gasteiger partial charge in [0.2, 0.25) is 5.78 Å². The molecule has 0 heterocycles. The summed E-state index contributed by atoms with van der Waals surface area (Å²) in [6.45, 7) is 0. The first-order valence-electron chi connectivity index (χ1n) is 5.97. The van der Waals surface area contributed by atoms with Crippen molar-refractivity contribution in [3.05, 3.63) is 67.7 Å². The van der Waals surface area contributed by atoms with Crippen LogP contribution in [-0.4, -0.2) is 27.5 Å². The first-order valence-corrected chi connectivity index (χ1v) is 5.97. The molecule has 0 aromatic rings. The van der Waals surface area contributed by atoms with Crippen molar-refractivity contribution < 1.29 is 19.4 Å². The number of rotatable bonds is 4. The van der Waals surface area contributed by atoms with Crippen LogP contribution in [0.2, 0.25) is 0 Å². The Kier molecular flexibility index (Phi) is 4.11. The standard InChI is InChI=1S/C12H8N4O6/c17-8-3-1-7(2-4-8)13-14-9-5-12(18)11(16(21)22)6-10(9)15(19)20/h1-3,5-6,11H,4H2. The Balaban J connectivity index is 2.28. The fourth-order valence-electron chi connectivity index (χ4n) is 1.72. The monoisotopic (exact) mass is 304 g/mol. The Morgan fingerprint density at radius 2 is 1.86 bits per heavy atom. The van der Waals surface area contributed by atoms with Gasteiger partial charge in [0.05, 0.1) is 16.7 Å². The molecule has 10 heteroatoms. The van der Waals surface area contributed by atoms with Crippen LogP contribution >= 0.6 is 0 Å². The van der Waals surface area contributed by atoms with Crippen LogP contribution in [0.5, 0.6) is 0 Å². The first kappa shape index (κ1) is 15.1. The van der Waals surface area contributed by atoms with Gasteiger partial charge in [0.25, 0.3) is 11.7 Å². The van der Waals surface area contributed by atoms with E-state index in [9.17, 15) is 29.8 Å². The molecule has 0 N–H and O–H groups in total. The number of ketones is 2. The lowest BCUT2D eigenvalue weighted by Crippen LogP contribution is -2.30. The molecule has 0 aromatic heterocycles. The van der Waals surface area contributed by atoms with E-state index < -0.39 is 27.4 Å². The molecule has 2 aliphatic rings. The average Bonchev–Trinajstić information content (AvgIpc) is 2.46. The van der Waals surface area contributed by atoms with Gasteiger partial charge >= 0.3 is 0 Å². The molecule has 0 fully saturated rings. The minimum Gasteiger partial charge on any atom is -0.295 e. The molecule has 10 nitrogen and oxygen atoms in total. The molecule has 22 heavy (non-hydrogen) atoms. The third kappa shape index (κ3) is 3.23. The van der Waals surface area contributed by atoms with Crippen LogP contribution in [0.3, 0.4) is 0 Å². The topological polar surface area (TPSA) is 145 Å². The molecule has 0 radical (unpaired) electrons. The van der Waals surface area contributed by atoms with Crippen LogP contribution < -0.4 is 0 Å². The van der Waals surface area contributed by atoms with Crippen molar-refractivity contribution in [1.29, 1.82) is 0 Å². The number of nitrogens with zero attached hydrogens (tertiary/aromatic N) is 4. The fourth-order valence-corrected chi connectivity index (χ4v) is 1.72. The summed E-state index contributed by atoms with van der Waals surface area (Å²) in [6.07, 6.45) is 5.59. The SMILES string of the molecule is O=C1C=CC(N=NC2=CC(=O)C([N+](=O)[O-])C=C2[N+](=O)[O-])=CC1. The fraction of sp³-hybridized carbons (Fsp3) is 0.167. The average molecular weight is 304 g/mol. The summed E-state index contributed by atoms with van der Waals surface area (Å²) >= 11 is 0. The maximum absolute atomic E-state index is 11.5. The van der Waals surface area contributed by atoms with Crippen molar-refractivity contribution in [3.8, 4) is 0 Å². The molecule has 0 bridgehead atoms. The molecule has 112 valence electrons. The van der Waals surface area contributed by atoms with Crippen LogP contribution in [0.1, 0.15) is 6.42 Å². The van der Waals surface area contributed by atoms with Gasteiger partial charge < -0.3 is 0 Å². The maximum Gasteiger partial charge on any atom is 0.300 e. The van der Waals surface area contributed by atoms with Crippen molar-refractivity contribution in [1.82, 2.24) is 0 Å². The highest BCUT2D eigenvalue weighted by atomic mass is 16.6. The summed E-state index contributed by atoms with van der Waals surface area (Å²) in [5.74, 6) is -1.04. The molecule has 2 aliphatic carbocycles. The lowest BCUT2D eigenvalue weighted by Gasteiger charge is -2.07. The number of hydrogen-bond donors (Lipinski definition) is 0. The second-order valence-electron chi connectivity index (χ2n) is 4.30. The minimum atomic E-state index is -1.80. The van der Waals surface area contributed by atoms with E-state index in [4.69, 9.17) is 0 Å². The number of carbonyl (C=O) groups excluding carboxylic acids is 2. The molecule has 0 saturated heterocycles. The van der Waals surface area contributed by atoms with Crippen molar-refractivity contribution in [3.63, 3.8) is 0 Å². The van der Waals surface area contributed by atoms with Crippen molar-refractivity contribution >= 4 is 11.6 Å². The van der Waals surface area contributed by atoms with E-state index in [0.29, 0.717) is 17.8 Å². The van der Waals surface area contributed by atoms with Gasteiger partial charge in [-0.1, -0.05) is 0 Å². The van der Waals surface area contributed by atoms with Crippen LogP contribution in [0, 0.1) is 20.2 Å². The van der Waals surface area contributed by atoms with Gasteiger partial charge in [-0.15, -0.1) is 5.11 Å². The van der Waals surface area contributed by atoms with Crippen LogP contribution in [0.25, 0.3) is 0 Å². The summed E-state index contributed by atoms with van der Waals surface area (Å²) in [7, 11) is 0. The summed E-state index contributed by atoms with van der Waals surface area (Å²) in [5, 5.41) is 28.9. The predicted molar refractivity (Wildman–Crippen MR) is 70.7 cm³/mol. The molecule has 0 saturated carbocycles. The third-order valence-electron chi connectivity index (χ3n) is 2.80. The largest absolute Gasteiger partial charge is 0.300 e. The number of carbonyl (C=O) groups is 2. The third-order valence-corrected chi connectivity index (χ3v) is 2.80. The van der Waals surface area contributed by atoms with E-state index in [1.54, 1.807) is 0 Å². The van der Waals surface area contributed by atoms with Crippen molar-refractivity contribution in [2.24, 2.45) is 10.2 Å². The highest BCUT2D eigenvalue weighted by Crippen LogP contribution is 2.22. The zero-order valence-electron chi connectivity index (χ0n) is 10.9. The minimum absolute atomic E-state index is 0.120. The lowest BCUT2D eigenvalue weighted by molar-refractivity contribution is -0.497. The summed E-state index contributed by atoms with van der Waals surface area (Å²) in [5.41, 5.74) is -0.743. The van der Waals surface area contributed by atoms with E-state index in [-0.39, 0.29) is 17.9 Å². The van der Waals surface area contributed by atoms with Gasteiger partial charge in [0.1, 0.15) is 0 Å². The van der Waals surface area contributed by atoms with E-state index in [1.165, 1.54) is 18.2 Å². The molecule has 2 rings (SSSR count). The molecular weight excluding hydrogens is 296 g/mol.